The fourth-order valence-electron chi connectivity index (χ4n) is 11.4. The molecule has 8 aliphatic carbocycles. The van der Waals surface area contributed by atoms with E-state index >= 15 is 0 Å². The van der Waals surface area contributed by atoms with Crippen LogP contribution in [-0.4, -0.2) is 25.2 Å². The largest absolute Gasteiger partial charge is 0.469 e. The van der Waals surface area contributed by atoms with E-state index in [1.54, 1.807) is 0 Å². The minimum Gasteiger partial charge on any atom is -0.469 e. The molecule has 1 aliphatic heterocycles. The molecule has 13 atom stereocenters. The van der Waals surface area contributed by atoms with Crippen molar-refractivity contribution in [3.05, 3.63) is 12.2 Å². The lowest BCUT2D eigenvalue weighted by atomic mass is 9.43. The Bertz CT molecular complexity index is 813. The maximum atomic E-state index is 13.6. The van der Waals surface area contributed by atoms with Gasteiger partial charge in [-0.25, -0.2) is 0 Å². The van der Waals surface area contributed by atoms with Crippen LogP contribution in [0.1, 0.15) is 19.3 Å². The molecular weight excluding hydrogens is 316 g/mol. The van der Waals surface area contributed by atoms with E-state index in [1.807, 2.05) is 0 Å². The van der Waals surface area contributed by atoms with Gasteiger partial charge in [-0.3, -0.25) is 9.59 Å². The number of esters is 2. The van der Waals surface area contributed by atoms with Gasteiger partial charge in [0.25, 0.3) is 0 Å². The number of ether oxygens (including phenoxy) is 2. The normalized spacial score (nSPS) is 70.4. The maximum absolute atomic E-state index is 13.6. The number of hydrogen-bond acceptors (Lipinski definition) is 4. The van der Waals surface area contributed by atoms with E-state index in [0.29, 0.717) is 59.2 Å². The first-order chi connectivity index (χ1) is 12.2. The lowest BCUT2D eigenvalue weighted by molar-refractivity contribution is -0.231. The molecule has 4 nitrogen and oxygen atoms in total. The van der Waals surface area contributed by atoms with Gasteiger partial charge in [-0.2, -0.15) is 0 Å². The molecule has 7 saturated carbocycles. The Labute approximate surface area is 146 Å². The van der Waals surface area contributed by atoms with Gasteiger partial charge in [0.2, 0.25) is 0 Å². The molecule has 25 heavy (non-hydrogen) atoms. The summed E-state index contributed by atoms with van der Waals surface area (Å²) < 4.78 is 11.6. The summed E-state index contributed by atoms with van der Waals surface area (Å²) in [6.45, 7) is 0. The van der Waals surface area contributed by atoms with Crippen LogP contribution in [0, 0.1) is 70.0 Å². The van der Waals surface area contributed by atoms with E-state index in [9.17, 15) is 9.59 Å². The fourth-order valence-corrected chi connectivity index (χ4v) is 11.4. The summed E-state index contributed by atoms with van der Waals surface area (Å²) in [7, 11) is 1.53. The first-order valence-corrected chi connectivity index (χ1v) is 10.2. The fraction of sp³-hybridized carbons (Fsp3) is 0.810. The van der Waals surface area contributed by atoms with Crippen LogP contribution in [0.5, 0.6) is 0 Å². The predicted molar refractivity (Wildman–Crippen MR) is 84.7 cm³/mol. The third-order valence-electron chi connectivity index (χ3n) is 10.7. The Hall–Kier alpha value is -1.32. The summed E-state index contributed by atoms with van der Waals surface area (Å²) in [6, 6.07) is 0. The molecule has 0 aromatic heterocycles. The number of fused-ring (bicyclic) bond motifs is 1. The van der Waals surface area contributed by atoms with Crippen LogP contribution in [0.25, 0.3) is 0 Å². The van der Waals surface area contributed by atoms with E-state index in [0.717, 1.165) is 19.3 Å². The van der Waals surface area contributed by atoms with Crippen LogP contribution in [0.4, 0.5) is 0 Å². The molecule has 8 fully saturated rings. The first kappa shape index (κ1) is 12.9. The number of rotatable bonds is 1. The highest BCUT2D eigenvalue weighted by Crippen LogP contribution is 2.98. The molecule has 0 unspecified atom stereocenters. The molecule has 1 heterocycles. The third-order valence-corrected chi connectivity index (χ3v) is 10.7. The van der Waals surface area contributed by atoms with Crippen molar-refractivity contribution in [1.82, 2.24) is 0 Å². The van der Waals surface area contributed by atoms with Crippen LogP contribution >= 0.6 is 0 Å². The standard InChI is InChI=1S/C21H22O4/c1-24-18(22)20-14-7-3-2-4-8(7)15-12(14)13-16(20)9-5-6-10-11(9)17(13)21(15,20)19(23)25-10/h2-3,7-17H,4-6H2,1H3/t7-,8+,9-,10+,11-,12+,13+,14+,15+,16-,17+,20-,21-/m1/s1. The summed E-state index contributed by atoms with van der Waals surface area (Å²) in [4.78, 5) is 27.1. The number of carbonyl (C=O) groups excluding carboxylic acids is 2. The minimum atomic E-state index is -0.560. The zero-order chi connectivity index (χ0) is 16.5. The van der Waals surface area contributed by atoms with Gasteiger partial charge < -0.3 is 9.47 Å². The van der Waals surface area contributed by atoms with Gasteiger partial charge >= 0.3 is 11.9 Å². The second kappa shape index (κ2) is 3.32. The van der Waals surface area contributed by atoms with Gasteiger partial charge in [0.1, 0.15) is 6.10 Å². The SMILES string of the molecule is COC(=O)[C@@]12[C@@H]3[C@@H]4CC[C@@H]5OC(=O)[C@@]16[C@H]([C@H]3[C@H]1[C@@H]2[C@@H]2C=CC[C@@H]2[C@@H]16)[C@H]45. The quantitative estimate of drug-likeness (QED) is 0.542. The van der Waals surface area contributed by atoms with Gasteiger partial charge in [-0.15, -0.1) is 0 Å². The van der Waals surface area contributed by atoms with Crippen LogP contribution in [0.3, 0.4) is 0 Å². The van der Waals surface area contributed by atoms with Crippen molar-refractivity contribution in [1.29, 1.82) is 0 Å². The second-order valence-corrected chi connectivity index (χ2v) is 10.2. The van der Waals surface area contributed by atoms with E-state index < -0.39 is 10.8 Å². The summed E-state index contributed by atoms with van der Waals surface area (Å²) in [5.41, 5.74) is -1.09. The zero-order valence-corrected chi connectivity index (χ0v) is 14.3. The van der Waals surface area contributed by atoms with E-state index in [4.69, 9.17) is 9.47 Å². The number of carbonyl (C=O) groups is 2. The van der Waals surface area contributed by atoms with Crippen LogP contribution < -0.4 is 0 Å². The molecule has 1 spiro atoms. The van der Waals surface area contributed by atoms with Crippen LogP contribution in [0.15, 0.2) is 12.2 Å². The second-order valence-electron chi connectivity index (χ2n) is 10.2. The number of methoxy groups -OCH3 is 1. The molecule has 130 valence electrons. The molecule has 9 aliphatic rings. The first-order valence-electron chi connectivity index (χ1n) is 10.2. The average molecular weight is 338 g/mol. The Morgan fingerprint density at radius 3 is 2.80 bits per heavy atom. The Balaban J connectivity index is 1.49. The van der Waals surface area contributed by atoms with Crippen molar-refractivity contribution < 1.29 is 19.1 Å². The Morgan fingerprint density at radius 2 is 1.96 bits per heavy atom. The molecular formula is C21H22O4. The molecule has 1 saturated heterocycles. The predicted octanol–water partition coefficient (Wildman–Crippen LogP) is 2.04. The highest BCUT2D eigenvalue weighted by Gasteiger charge is 3.02. The topological polar surface area (TPSA) is 52.6 Å². The van der Waals surface area contributed by atoms with Crippen molar-refractivity contribution in [3.8, 4) is 0 Å². The van der Waals surface area contributed by atoms with Gasteiger partial charge in [0.05, 0.1) is 17.9 Å². The Kier molecular flexibility index (Phi) is 1.72. The van der Waals surface area contributed by atoms with Crippen molar-refractivity contribution in [2.45, 2.75) is 25.4 Å². The van der Waals surface area contributed by atoms with Crippen molar-refractivity contribution >= 4 is 11.9 Å². The smallest absolute Gasteiger partial charge is 0.314 e. The third kappa shape index (κ3) is 0.821. The summed E-state index contributed by atoms with van der Waals surface area (Å²) >= 11 is 0. The van der Waals surface area contributed by atoms with E-state index in [-0.39, 0.29) is 18.0 Å². The lowest BCUT2D eigenvalue weighted by Crippen LogP contribution is -2.68. The van der Waals surface area contributed by atoms with Gasteiger partial charge in [-0.05, 0) is 72.5 Å². The molecule has 8 bridgehead atoms. The van der Waals surface area contributed by atoms with Crippen molar-refractivity contribution in [2.75, 3.05) is 7.11 Å². The van der Waals surface area contributed by atoms with Gasteiger partial charge in [-0.1, -0.05) is 12.2 Å². The summed E-state index contributed by atoms with van der Waals surface area (Å²) in [5.74, 6) is 4.84. The van der Waals surface area contributed by atoms with Gasteiger partial charge in [0.15, 0.2) is 0 Å². The molecule has 0 N–H and O–H groups in total. The zero-order valence-electron chi connectivity index (χ0n) is 14.3. The molecule has 4 heteroatoms. The van der Waals surface area contributed by atoms with Crippen LogP contribution in [0.2, 0.25) is 0 Å². The monoisotopic (exact) mass is 338 g/mol. The summed E-state index contributed by atoms with van der Waals surface area (Å²) in [5, 5.41) is 0. The summed E-state index contributed by atoms with van der Waals surface area (Å²) in [6.07, 6.45) is 8.07. The van der Waals surface area contributed by atoms with Crippen molar-refractivity contribution in [3.63, 3.8) is 0 Å². The minimum absolute atomic E-state index is 0.00245. The molecule has 0 radical (unpaired) electrons. The van der Waals surface area contributed by atoms with Crippen molar-refractivity contribution in [2.24, 2.45) is 70.0 Å². The van der Waals surface area contributed by atoms with E-state index in [2.05, 4.69) is 12.2 Å². The maximum Gasteiger partial charge on any atom is 0.314 e. The number of allylic oxidation sites excluding steroid dienone is 2. The van der Waals surface area contributed by atoms with Crippen LogP contribution in [-0.2, 0) is 19.1 Å². The highest BCUT2D eigenvalue weighted by molar-refractivity contribution is 5.95. The molecule has 0 aromatic carbocycles. The number of hydrogen-bond donors (Lipinski definition) is 0. The molecule has 0 amide bonds. The average Bonchev–Trinajstić information content (AvgIpc) is 3.36. The van der Waals surface area contributed by atoms with E-state index in [1.165, 1.54) is 7.11 Å². The highest BCUT2D eigenvalue weighted by atomic mass is 16.6. The Morgan fingerprint density at radius 1 is 1.12 bits per heavy atom. The lowest BCUT2D eigenvalue weighted by Gasteiger charge is -2.60. The molecule has 0 aromatic rings. The molecule has 9 rings (SSSR count). The van der Waals surface area contributed by atoms with Gasteiger partial charge in [0, 0.05) is 5.92 Å².